The maximum atomic E-state index is 12.6. The van der Waals surface area contributed by atoms with Gasteiger partial charge in [-0.3, -0.25) is 19.3 Å². The molecule has 9 heteroatoms. The standard InChI is InChI=1S/C21H19FN2O6.C3H8/c22-10-18(25)16(9-20(27)28)23-19(26)12-30-21(29)24-11-13-5-1-2-6-14(13)15-7-3-4-8-17(15)24;1-3-2/h1-8,16H,9-12H2,(H,23,26)(H,27,28);3H2,1-2H3. The average molecular weight is 458 g/mol. The molecule has 1 aliphatic rings. The number of fused-ring (bicyclic) bond motifs is 3. The number of ketones is 1. The lowest BCUT2D eigenvalue weighted by molar-refractivity contribution is -0.140. The number of carboxylic acid groups (broad SMARTS) is 1. The van der Waals surface area contributed by atoms with Crippen LogP contribution in [0.5, 0.6) is 0 Å². The number of benzene rings is 2. The Hall–Kier alpha value is -3.75. The summed E-state index contributed by atoms with van der Waals surface area (Å²) in [7, 11) is 0. The summed E-state index contributed by atoms with van der Waals surface area (Å²) in [6.07, 6.45) is -0.294. The molecule has 0 bridgehead atoms. The highest BCUT2D eigenvalue weighted by Gasteiger charge is 2.28. The number of Topliss-reactive ketones (excluding diaryl/α,β-unsaturated/α-hetero) is 1. The molecule has 2 aromatic rings. The van der Waals surface area contributed by atoms with Crippen LogP contribution in [0.3, 0.4) is 0 Å². The molecule has 0 saturated carbocycles. The van der Waals surface area contributed by atoms with Crippen LogP contribution >= 0.6 is 0 Å². The molecule has 0 radical (unpaired) electrons. The van der Waals surface area contributed by atoms with Crippen LogP contribution in [0.15, 0.2) is 48.5 Å². The molecule has 1 aliphatic heterocycles. The van der Waals surface area contributed by atoms with Crippen molar-refractivity contribution in [3.63, 3.8) is 0 Å². The minimum atomic E-state index is -1.53. The van der Waals surface area contributed by atoms with Crippen molar-refractivity contribution in [2.75, 3.05) is 18.2 Å². The zero-order valence-electron chi connectivity index (χ0n) is 18.5. The number of para-hydroxylation sites is 1. The molecule has 33 heavy (non-hydrogen) atoms. The van der Waals surface area contributed by atoms with E-state index in [4.69, 9.17) is 9.84 Å². The van der Waals surface area contributed by atoms with E-state index in [0.717, 1.165) is 16.7 Å². The Labute approximate surface area is 191 Å². The van der Waals surface area contributed by atoms with Gasteiger partial charge in [0.2, 0.25) is 0 Å². The fraction of sp³-hybridized carbons (Fsp3) is 0.333. The van der Waals surface area contributed by atoms with E-state index in [1.165, 1.54) is 11.3 Å². The first-order valence-electron chi connectivity index (χ1n) is 10.5. The van der Waals surface area contributed by atoms with E-state index in [2.05, 4.69) is 19.2 Å². The Morgan fingerprint density at radius 3 is 2.30 bits per heavy atom. The lowest BCUT2D eigenvalue weighted by Gasteiger charge is -2.30. The quantitative estimate of drug-likeness (QED) is 0.654. The minimum absolute atomic E-state index is 0.246. The summed E-state index contributed by atoms with van der Waals surface area (Å²) < 4.78 is 17.6. The zero-order chi connectivity index (χ0) is 24.4. The number of nitrogens with one attached hydrogen (secondary N) is 1. The van der Waals surface area contributed by atoms with Crippen molar-refractivity contribution < 1.29 is 33.4 Å². The first-order chi connectivity index (χ1) is 15.8. The van der Waals surface area contributed by atoms with E-state index in [1.807, 2.05) is 36.4 Å². The van der Waals surface area contributed by atoms with Gasteiger partial charge < -0.3 is 15.2 Å². The second-order valence-corrected chi connectivity index (χ2v) is 7.34. The van der Waals surface area contributed by atoms with Gasteiger partial charge in [-0.15, -0.1) is 0 Å². The van der Waals surface area contributed by atoms with Gasteiger partial charge >= 0.3 is 12.1 Å². The highest BCUT2D eigenvalue weighted by molar-refractivity contribution is 5.98. The third-order valence-corrected chi connectivity index (χ3v) is 4.61. The van der Waals surface area contributed by atoms with Crippen molar-refractivity contribution in [1.82, 2.24) is 5.32 Å². The van der Waals surface area contributed by atoms with Crippen molar-refractivity contribution in [3.05, 3.63) is 54.1 Å². The van der Waals surface area contributed by atoms with Gasteiger partial charge in [0, 0.05) is 5.56 Å². The first-order valence-corrected chi connectivity index (χ1v) is 10.5. The van der Waals surface area contributed by atoms with Crippen molar-refractivity contribution in [2.45, 2.75) is 39.3 Å². The van der Waals surface area contributed by atoms with Gasteiger partial charge in [0.05, 0.1) is 18.7 Å². The summed E-state index contributed by atoms with van der Waals surface area (Å²) in [6.45, 7) is 2.34. The summed E-state index contributed by atoms with van der Waals surface area (Å²) in [5, 5.41) is 10.9. The number of hydrogen-bond donors (Lipinski definition) is 2. The Morgan fingerprint density at radius 1 is 1.06 bits per heavy atom. The molecule has 3 rings (SSSR count). The number of halogens is 1. The molecule has 0 aromatic heterocycles. The fourth-order valence-corrected chi connectivity index (χ4v) is 3.23. The van der Waals surface area contributed by atoms with Crippen LogP contribution in [0.2, 0.25) is 0 Å². The van der Waals surface area contributed by atoms with Crippen LogP contribution in [0, 0.1) is 0 Å². The SMILES string of the molecule is CCC.O=C(O)CC(NC(=O)COC(=O)N1Cc2ccccc2-c2ccccc21)C(=O)CF. The van der Waals surface area contributed by atoms with E-state index >= 15 is 0 Å². The topological polar surface area (TPSA) is 113 Å². The summed E-state index contributed by atoms with van der Waals surface area (Å²) >= 11 is 0. The summed E-state index contributed by atoms with van der Waals surface area (Å²) in [4.78, 5) is 48.3. The Morgan fingerprint density at radius 2 is 1.67 bits per heavy atom. The largest absolute Gasteiger partial charge is 0.481 e. The molecule has 0 spiro atoms. The number of amides is 2. The molecule has 0 fully saturated rings. The molecule has 1 atom stereocenters. The predicted octanol–water partition coefficient (Wildman–Crippen LogP) is 3.72. The molecule has 1 unspecified atom stereocenters. The Bertz CT molecular complexity index is 1010. The predicted molar refractivity (Wildman–Crippen MR) is 121 cm³/mol. The molecular weight excluding hydrogens is 431 g/mol. The van der Waals surface area contributed by atoms with Crippen LogP contribution in [-0.2, 0) is 25.7 Å². The van der Waals surface area contributed by atoms with Gasteiger partial charge in [0.25, 0.3) is 5.91 Å². The van der Waals surface area contributed by atoms with Gasteiger partial charge in [-0.05, 0) is 17.2 Å². The molecule has 1 heterocycles. The third kappa shape index (κ3) is 6.86. The normalized spacial score (nSPS) is 12.3. The second-order valence-electron chi connectivity index (χ2n) is 7.34. The van der Waals surface area contributed by atoms with Gasteiger partial charge in [0.1, 0.15) is 12.7 Å². The summed E-state index contributed by atoms with van der Waals surface area (Å²) in [5.74, 6) is -3.34. The average Bonchev–Trinajstić information content (AvgIpc) is 2.81. The van der Waals surface area contributed by atoms with Gasteiger partial charge in [-0.1, -0.05) is 62.7 Å². The van der Waals surface area contributed by atoms with Crippen LogP contribution in [0.1, 0.15) is 32.3 Å². The number of aliphatic carboxylic acids is 1. The van der Waals surface area contributed by atoms with Crippen molar-refractivity contribution in [1.29, 1.82) is 0 Å². The molecular formula is C24H27FN2O6. The molecule has 2 amide bonds. The highest BCUT2D eigenvalue weighted by Crippen LogP contribution is 2.38. The number of anilines is 1. The Balaban J connectivity index is 0.00000122. The number of carbonyl (C=O) groups excluding carboxylic acids is 3. The Kier molecular flexibility index (Phi) is 9.53. The van der Waals surface area contributed by atoms with Crippen molar-refractivity contribution in [2.24, 2.45) is 0 Å². The number of rotatable bonds is 7. The van der Waals surface area contributed by atoms with E-state index < -0.39 is 49.5 Å². The van der Waals surface area contributed by atoms with E-state index in [1.54, 1.807) is 12.1 Å². The van der Waals surface area contributed by atoms with Gasteiger partial charge in [0.15, 0.2) is 12.4 Å². The molecule has 176 valence electrons. The second kappa shape index (κ2) is 12.3. The summed E-state index contributed by atoms with van der Waals surface area (Å²) in [5.41, 5.74) is 3.37. The van der Waals surface area contributed by atoms with Crippen LogP contribution in [0.4, 0.5) is 14.9 Å². The number of hydrogen-bond acceptors (Lipinski definition) is 5. The van der Waals surface area contributed by atoms with Crippen molar-refractivity contribution >= 4 is 29.4 Å². The summed E-state index contributed by atoms with van der Waals surface area (Å²) in [6, 6.07) is 13.3. The van der Waals surface area contributed by atoms with Crippen LogP contribution in [0.25, 0.3) is 11.1 Å². The van der Waals surface area contributed by atoms with E-state index in [0.29, 0.717) is 5.69 Å². The smallest absolute Gasteiger partial charge is 0.415 e. The number of carboxylic acids is 1. The number of alkyl halides is 1. The maximum Gasteiger partial charge on any atom is 0.415 e. The number of nitrogens with zero attached hydrogens (tertiary/aromatic N) is 1. The zero-order valence-corrected chi connectivity index (χ0v) is 18.5. The lowest BCUT2D eigenvalue weighted by atomic mass is 9.94. The maximum absolute atomic E-state index is 12.6. The third-order valence-electron chi connectivity index (χ3n) is 4.61. The monoisotopic (exact) mass is 458 g/mol. The number of ether oxygens (including phenoxy) is 1. The molecule has 2 N–H and O–H groups in total. The van der Waals surface area contributed by atoms with Crippen molar-refractivity contribution in [3.8, 4) is 11.1 Å². The van der Waals surface area contributed by atoms with Crippen LogP contribution in [-0.4, -0.2) is 48.2 Å². The molecule has 0 saturated heterocycles. The number of carbonyl (C=O) groups is 4. The van der Waals surface area contributed by atoms with Gasteiger partial charge in [-0.2, -0.15) is 0 Å². The first kappa shape index (κ1) is 25.5. The highest BCUT2D eigenvalue weighted by atomic mass is 19.1. The fourth-order valence-electron chi connectivity index (χ4n) is 3.23. The van der Waals surface area contributed by atoms with E-state index in [9.17, 15) is 23.6 Å². The lowest BCUT2D eigenvalue weighted by Crippen LogP contribution is -2.45. The molecule has 8 nitrogen and oxygen atoms in total. The molecule has 0 aliphatic carbocycles. The molecule has 2 aromatic carbocycles. The van der Waals surface area contributed by atoms with E-state index in [-0.39, 0.29) is 6.54 Å². The minimum Gasteiger partial charge on any atom is -0.481 e. The van der Waals surface area contributed by atoms with Crippen LogP contribution < -0.4 is 10.2 Å². The van der Waals surface area contributed by atoms with Gasteiger partial charge in [-0.25, -0.2) is 9.18 Å².